The van der Waals surface area contributed by atoms with Crippen LogP contribution in [0.3, 0.4) is 0 Å². The molecule has 0 N–H and O–H groups in total. The van der Waals surface area contributed by atoms with Gasteiger partial charge in [0.2, 0.25) is 0 Å². The van der Waals surface area contributed by atoms with Gasteiger partial charge in [-0.1, -0.05) is 32.4 Å². The molecule has 112 valence electrons. The Labute approximate surface area is 125 Å². The van der Waals surface area contributed by atoms with Crippen molar-refractivity contribution in [1.29, 1.82) is 0 Å². The second-order valence-electron chi connectivity index (χ2n) is 6.16. The number of rotatable bonds is 3. The number of halogens is 1. The average Bonchev–Trinajstić information content (AvgIpc) is 2.23. The average molecular weight is 318 g/mol. The zero-order chi connectivity index (χ0) is 15.7. The molecule has 0 aromatic heterocycles. The van der Waals surface area contributed by atoms with Crippen molar-refractivity contribution in [3.8, 4) is 0 Å². The minimum atomic E-state index is -3.95. The first-order valence-corrected chi connectivity index (χ1v) is 8.53. The van der Waals surface area contributed by atoms with E-state index in [1.54, 1.807) is 26.1 Å². The summed E-state index contributed by atoms with van der Waals surface area (Å²) in [5, 5.41) is 0. The zero-order valence-electron chi connectivity index (χ0n) is 12.4. The lowest BCUT2D eigenvalue weighted by atomic mass is 9.96. The normalized spacial score (nSPS) is 12.3. The maximum atomic E-state index is 12.4. The van der Waals surface area contributed by atoms with Crippen molar-refractivity contribution in [2.75, 3.05) is 13.6 Å². The van der Waals surface area contributed by atoms with Crippen LogP contribution < -0.4 is 0 Å². The molecule has 0 atom stereocenters. The van der Waals surface area contributed by atoms with Gasteiger partial charge in [-0.25, -0.2) is 8.42 Å². The SMILES string of the molecule is Cc1ccc(S(=O)(=O)Cl)c(C(=O)N(C)CC(C)(C)C)c1. The maximum Gasteiger partial charge on any atom is 0.262 e. The van der Waals surface area contributed by atoms with E-state index in [1.165, 1.54) is 11.0 Å². The highest BCUT2D eigenvalue weighted by molar-refractivity contribution is 8.13. The molecular weight excluding hydrogens is 298 g/mol. The van der Waals surface area contributed by atoms with Crippen molar-refractivity contribution in [2.45, 2.75) is 32.6 Å². The van der Waals surface area contributed by atoms with Crippen LogP contribution in [-0.2, 0) is 9.05 Å². The van der Waals surface area contributed by atoms with Crippen molar-refractivity contribution in [2.24, 2.45) is 5.41 Å². The van der Waals surface area contributed by atoms with Gasteiger partial charge in [-0.3, -0.25) is 4.79 Å². The Hall–Kier alpha value is -1.07. The van der Waals surface area contributed by atoms with Crippen LogP contribution in [0.4, 0.5) is 0 Å². The molecule has 1 amide bonds. The van der Waals surface area contributed by atoms with Crippen LogP contribution in [0.1, 0.15) is 36.7 Å². The number of carbonyl (C=O) groups is 1. The van der Waals surface area contributed by atoms with Gasteiger partial charge in [0.05, 0.1) is 10.5 Å². The third kappa shape index (κ3) is 4.49. The number of nitrogens with zero attached hydrogens (tertiary/aromatic N) is 1. The van der Waals surface area contributed by atoms with Gasteiger partial charge in [-0.2, -0.15) is 0 Å². The van der Waals surface area contributed by atoms with Crippen LogP contribution in [0.2, 0.25) is 0 Å². The van der Waals surface area contributed by atoms with E-state index in [1.807, 2.05) is 20.8 Å². The van der Waals surface area contributed by atoms with E-state index >= 15 is 0 Å². The molecule has 0 spiro atoms. The summed E-state index contributed by atoms with van der Waals surface area (Å²) in [5.74, 6) is -0.345. The van der Waals surface area contributed by atoms with Crippen molar-refractivity contribution >= 4 is 25.6 Å². The van der Waals surface area contributed by atoms with E-state index in [2.05, 4.69) is 0 Å². The lowest BCUT2D eigenvalue weighted by Gasteiger charge is -2.27. The van der Waals surface area contributed by atoms with Crippen LogP contribution in [0.15, 0.2) is 23.1 Å². The number of hydrogen-bond donors (Lipinski definition) is 0. The molecule has 20 heavy (non-hydrogen) atoms. The Morgan fingerprint density at radius 3 is 2.30 bits per heavy atom. The second kappa shape index (κ2) is 5.74. The first kappa shape index (κ1) is 17.0. The Morgan fingerprint density at radius 1 is 1.30 bits per heavy atom. The summed E-state index contributed by atoms with van der Waals surface area (Å²) in [7, 11) is 3.10. The van der Waals surface area contributed by atoms with Gasteiger partial charge < -0.3 is 4.90 Å². The van der Waals surface area contributed by atoms with Crippen molar-refractivity contribution in [3.05, 3.63) is 29.3 Å². The first-order valence-electron chi connectivity index (χ1n) is 6.22. The van der Waals surface area contributed by atoms with Gasteiger partial charge in [0.25, 0.3) is 15.0 Å². The summed E-state index contributed by atoms with van der Waals surface area (Å²) >= 11 is 0. The Kier molecular flexibility index (Phi) is 4.87. The minimum Gasteiger partial charge on any atom is -0.341 e. The number of aryl methyl sites for hydroxylation is 1. The minimum absolute atomic E-state index is 0.0752. The van der Waals surface area contributed by atoms with E-state index in [4.69, 9.17) is 10.7 Å². The topological polar surface area (TPSA) is 54.5 Å². The van der Waals surface area contributed by atoms with E-state index in [0.717, 1.165) is 5.56 Å². The van der Waals surface area contributed by atoms with Crippen LogP contribution in [0.25, 0.3) is 0 Å². The fourth-order valence-corrected chi connectivity index (χ4v) is 3.06. The molecule has 0 fully saturated rings. The molecule has 0 bridgehead atoms. The Morgan fingerprint density at radius 2 is 1.85 bits per heavy atom. The van der Waals surface area contributed by atoms with Crippen molar-refractivity contribution < 1.29 is 13.2 Å². The molecule has 4 nitrogen and oxygen atoms in total. The van der Waals surface area contributed by atoms with Crippen LogP contribution in [-0.4, -0.2) is 32.8 Å². The van der Waals surface area contributed by atoms with Crippen molar-refractivity contribution in [1.82, 2.24) is 4.90 Å². The molecule has 0 aliphatic heterocycles. The molecular formula is C14H20ClNO3S. The van der Waals surface area contributed by atoms with E-state index in [9.17, 15) is 13.2 Å². The van der Waals surface area contributed by atoms with E-state index in [-0.39, 0.29) is 21.8 Å². The molecule has 0 radical (unpaired) electrons. The first-order chi connectivity index (χ1) is 8.92. The lowest BCUT2D eigenvalue weighted by Crippen LogP contribution is -2.35. The van der Waals surface area contributed by atoms with E-state index in [0.29, 0.717) is 6.54 Å². The number of hydrogen-bond acceptors (Lipinski definition) is 3. The zero-order valence-corrected chi connectivity index (χ0v) is 14.0. The van der Waals surface area contributed by atoms with Crippen LogP contribution >= 0.6 is 10.7 Å². The van der Waals surface area contributed by atoms with E-state index < -0.39 is 9.05 Å². The molecule has 0 saturated carbocycles. The van der Waals surface area contributed by atoms with Gasteiger partial charge in [0.1, 0.15) is 0 Å². The Balaban J connectivity index is 3.25. The molecule has 0 aliphatic carbocycles. The molecule has 6 heteroatoms. The van der Waals surface area contributed by atoms with Crippen LogP contribution in [0, 0.1) is 12.3 Å². The number of carbonyl (C=O) groups excluding carboxylic acids is 1. The molecule has 1 aromatic rings. The number of amides is 1. The van der Waals surface area contributed by atoms with Crippen molar-refractivity contribution in [3.63, 3.8) is 0 Å². The lowest BCUT2D eigenvalue weighted by molar-refractivity contribution is 0.0742. The largest absolute Gasteiger partial charge is 0.341 e. The summed E-state index contributed by atoms with van der Waals surface area (Å²) in [4.78, 5) is 13.8. The highest BCUT2D eigenvalue weighted by atomic mass is 35.7. The predicted octanol–water partition coefficient (Wildman–Crippen LogP) is 3.04. The number of benzene rings is 1. The summed E-state index contributed by atoms with van der Waals surface area (Å²) < 4.78 is 23.1. The molecule has 0 unspecified atom stereocenters. The Bertz CT molecular complexity index is 618. The molecule has 0 saturated heterocycles. The van der Waals surface area contributed by atoms with Crippen LogP contribution in [0.5, 0.6) is 0 Å². The van der Waals surface area contributed by atoms with Gasteiger partial charge >= 0.3 is 0 Å². The highest BCUT2D eigenvalue weighted by Gasteiger charge is 2.25. The summed E-state index contributed by atoms with van der Waals surface area (Å²) in [6.07, 6.45) is 0. The van der Waals surface area contributed by atoms with Gasteiger partial charge in [0, 0.05) is 24.3 Å². The summed E-state index contributed by atoms with van der Waals surface area (Å²) in [6, 6.07) is 4.54. The fraction of sp³-hybridized carbons (Fsp3) is 0.500. The molecule has 1 rings (SSSR count). The molecule has 0 heterocycles. The monoisotopic (exact) mass is 317 g/mol. The second-order valence-corrected chi connectivity index (χ2v) is 8.69. The van der Waals surface area contributed by atoms with Gasteiger partial charge in [-0.05, 0) is 24.5 Å². The fourth-order valence-electron chi connectivity index (χ4n) is 2.01. The standard InChI is InChI=1S/C14H20ClNO3S/c1-10-6-7-12(20(15,18)19)11(8-10)13(17)16(5)9-14(2,3)4/h6-8H,9H2,1-5H3. The third-order valence-electron chi connectivity index (χ3n) is 2.69. The quantitative estimate of drug-likeness (QED) is 0.805. The smallest absolute Gasteiger partial charge is 0.262 e. The summed E-state index contributed by atoms with van der Waals surface area (Å²) in [5.41, 5.74) is 0.849. The van der Waals surface area contributed by atoms with Gasteiger partial charge in [-0.15, -0.1) is 0 Å². The predicted molar refractivity (Wildman–Crippen MR) is 80.6 cm³/mol. The maximum absolute atomic E-state index is 12.4. The summed E-state index contributed by atoms with van der Waals surface area (Å²) in [6.45, 7) is 8.33. The highest BCUT2D eigenvalue weighted by Crippen LogP contribution is 2.24. The third-order valence-corrected chi connectivity index (χ3v) is 4.07. The molecule has 0 aliphatic rings. The molecule has 1 aromatic carbocycles. The van der Waals surface area contributed by atoms with Gasteiger partial charge in [0.15, 0.2) is 0 Å².